The standard InChI is InChI=1S/C15H20N4O/c1-10(2)8-14-17-13(18-20-14)9-19-7-6-11-4-3-5-12(16)15(11)19/h3-5,10H,6-9,16H2,1-2H3. The lowest BCUT2D eigenvalue weighted by Gasteiger charge is -2.18. The highest BCUT2D eigenvalue weighted by atomic mass is 16.5. The first kappa shape index (κ1) is 13.0. The molecular weight excluding hydrogens is 252 g/mol. The first-order chi connectivity index (χ1) is 9.63. The molecule has 0 amide bonds. The lowest BCUT2D eigenvalue weighted by molar-refractivity contribution is 0.358. The summed E-state index contributed by atoms with van der Waals surface area (Å²) >= 11 is 0. The summed E-state index contributed by atoms with van der Waals surface area (Å²) in [5.41, 5.74) is 9.34. The topological polar surface area (TPSA) is 68.2 Å². The molecule has 0 fully saturated rings. The van der Waals surface area contributed by atoms with Crippen molar-refractivity contribution in [1.82, 2.24) is 10.1 Å². The molecule has 2 N–H and O–H groups in total. The lowest BCUT2D eigenvalue weighted by Crippen LogP contribution is -2.21. The van der Waals surface area contributed by atoms with E-state index in [2.05, 4.69) is 35.0 Å². The Hall–Kier alpha value is -2.04. The molecule has 20 heavy (non-hydrogen) atoms. The van der Waals surface area contributed by atoms with Gasteiger partial charge in [0.05, 0.1) is 17.9 Å². The maximum Gasteiger partial charge on any atom is 0.226 e. The van der Waals surface area contributed by atoms with Crippen molar-refractivity contribution in [3.8, 4) is 0 Å². The van der Waals surface area contributed by atoms with Gasteiger partial charge in [-0.1, -0.05) is 31.1 Å². The smallest absolute Gasteiger partial charge is 0.226 e. The van der Waals surface area contributed by atoms with Gasteiger partial charge in [0.15, 0.2) is 5.82 Å². The van der Waals surface area contributed by atoms with Crippen LogP contribution in [0.1, 0.15) is 31.1 Å². The molecule has 1 aliphatic rings. The fraction of sp³-hybridized carbons (Fsp3) is 0.467. The third-order valence-electron chi connectivity index (χ3n) is 3.54. The molecule has 0 aliphatic carbocycles. The predicted octanol–water partition coefficient (Wildman–Crippen LogP) is 2.41. The van der Waals surface area contributed by atoms with Gasteiger partial charge in [-0.15, -0.1) is 0 Å². The number of rotatable bonds is 4. The molecule has 2 heterocycles. The van der Waals surface area contributed by atoms with E-state index in [1.54, 1.807) is 0 Å². The highest BCUT2D eigenvalue weighted by Gasteiger charge is 2.23. The van der Waals surface area contributed by atoms with Crippen molar-refractivity contribution in [3.63, 3.8) is 0 Å². The minimum absolute atomic E-state index is 0.520. The summed E-state index contributed by atoms with van der Waals surface area (Å²) in [5.74, 6) is 1.97. The van der Waals surface area contributed by atoms with Crippen molar-refractivity contribution in [3.05, 3.63) is 35.5 Å². The van der Waals surface area contributed by atoms with E-state index in [4.69, 9.17) is 10.3 Å². The fourth-order valence-electron chi connectivity index (χ4n) is 2.68. The van der Waals surface area contributed by atoms with E-state index < -0.39 is 0 Å². The fourth-order valence-corrected chi connectivity index (χ4v) is 2.68. The highest BCUT2D eigenvalue weighted by Crippen LogP contribution is 2.34. The zero-order valence-electron chi connectivity index (χ0n) is 12.0. The van der Waals surface area contributed by atoms with E-state index in [1.165, 1.54) is 5.56 Å². The number of para-hydroxylation sites is 1. The Morgan fingerprint density at radius 3 is 3.05 bits per heavy atom. The Labute approximate surface area is 118 Å². The van der Waals surface area contributed by atoms with E-state index in [-0.39, 0.29) is 0 Å². The van der Waals surface area contributed by atoms with Crippen molar-refractivity contribution in [1.29, 1.82) is 0 Å². The number of benzene rings is 1. The van der Waals surface area contributed by atoms with Crippen LogP contribution in [0, 0.1) is 5.92 Å². The summed E-state index contributed by atoms with van der Waals surface area (Å²) in [5, 5.41) is 4.07. The molecule has 3 rings (SSSR count). The van der Waals surface area contributed by atoms with Crippen LogP contribution < -0.4 is 10.6 Å². The van der Waals surface area contributed by atoms with Gasteiger partial charge in [-0.3, -0.25) is 0 Å². The summed E-state index contributed by atoms with van der Waals surface area (Å²) < 4.78 is 5.28. The van der Waals surface area contributed by atoms with Gasteiger partial charge < -0.3 is 15.2 Å². The van der Waals surface area contributed by atoms with Crippen LogP contribution in [0.2, 0.25) is 0 Å². The van der Waals surface area contributed by atoms with E-state index in [0.29, 0.717) is 12.5 Å². The molecule has 0 bridgehead atoms. The Bertz CT molecular complexity index is 606. The number of anilines is 2. The monoisotopic (exact) mass is 272 g/mol. The minimum atomic E-state index is 0.520. The van der Waals surface area contributed by atoms with Gasteiger partial charge in [-0.25, -0.2) is 0 Å². The molecule has 0 saturated carbocycles. The Morgan fingerprint density at radius 1 is 1.40 bits per heavy atom. The van der Waals surface area contributed by atoms with Crippen LogP contribution in [0.5, 0.6) is 0 Å². The van der Waals surface area contributed by atoms with Crippen molar-refractivity contribution in [2.45, 2.75) is 33.2 Å². The van der Waals surface area contributed by atoms with Gasteiger partial charge in [0, 0.05) is 13.0 Å². The number of fused-ring (bicyclic) bond motifs is 1. The van der Waals surface area contributed by atoms with Crippen molar-refractivity contribution < 1.29 is 4.52 Å². The van der Waals surface area contributed by atoms with Crippen LogP contribution in [0.3, 0.4) is 0 Å². The summed E-state index contributed by atoms with van der Waals surface area (Å²) in [4.78, 5) is 6.69. The first-order valence-corrected chi connectivity index (χ1v) is 7.07. The number of nitrogens with two attached hydrogens (primary N) is 1. The Kier molecular flexibility index (Phi) is 3.34. The number of nitrogens with zero attached hydrogens (tertiary/aromatic N) is 3. The molecule has 1 aromatic heterocycles. The van der Waals surface area contributed by atoms with Crippen LogP contribution in [0.25, 0.3) is 0 Å². The largest absolute Gasteiger partial charge is 0.397 e. The van der Waals surface area contributed by atoms with E-state index in [0.717, 1.165) is 42.5 Å². The van der Waals surface area contributed by atoms with Crippen LogP contribution in [0.15, 0.2) is 22.7 Å². The molecule has 0 spiro atoms. The summed E-state index contributed by atoms with van der Waals surface area (Å²) in [6, 6.07) is 6.08. The van der Waals surface area contributed by atoms with Gasteiger partial charge >= 0.3 is 0 Å². The minimum Gasteiger partial charge on any atom is -0.397 e. The van der Waals surface area contributed by atoms with E-state index in [1.807, 2.05) is 12.1 Å². The SMILES string of the molecule is CC(C)Cc1nc(CN2CCc3cccc(N)c32)no1. The average molecular weight is 272 g/mol. The predicted molar refractivity (Wildman–Crippen MR) is 78.4 cm³/mol. The van der Waals surface area contributed by atoms with Gasteiger partial charge in [0.2, 0.25) is 5.89 Å². The molecule has 2 aromatic rings. The van der Waals surface area contributed by atoms with Crippen molar-refractivity contribution in [2.75, 3.05) is 17.2 Å². The van der Waals surface area contributed by atoms with Crippen LogP contribution >= 0.6 is 0 Å². The maximum absolute atomic E-state index is 6.08. The van der Waals surface area contributed by atoms with Gasteiger partial charge in [0.25, 0.3) is 0 Å². The summed E-state index contributed by atoms with van der Waals surface area (Å²) in [6.07, 6.45) is 1.85. The number of hydrogen-bond acceptors (Lipinski definition) is 5. The summed E-state index contributed by atoms with van der Waals surface area (Å²) in [6.45, 7) is 5.89. The second kappa shape index (κ2) is 5.15. The molecule has 1 aliphatic heterocycles. The third kappa shape index (κ3) is 2.48. The molecule has 106 valence electrons. The van der Waals surface area contributed by atoms with Crippen molar-refractivity contribution >= 4 is 11.4 Å². The molecule has 0 unspecified atom stereocenters. The molecular formula is C15H20N4O. The van der Waals surface area contributed by atoms with Gasteiger partial charge in [-0.05, 0) is 24.0 Å². The molecule has 0 saturated heterocycles. The van der Waals surface area contributed by atoms with Crippen molar-refractivity contribution in [2.24, 2.45) is 5.92 Å². The quantitative estimate of drug-likeness (QED) is 0.866. The maximum atomic E-state index is 6.08. The van der Waals surface area contributed by atoms with E-state index in [9.17, 15) is 0 Å². The molecule has 0 radical (unpaired) electrons. The van der Waals surface area contributed by atoms with Gasteiger partial charge in [-0.2, -0.15) is 4.98 Å². The van der Waals surface area contributed by atoms with Crippen LogP contribution in [0.4, 0.5) is 11.4 Å². The second-order valence-corrected chi connectivity index (χ2v) is 5.73. The second-order valence-electron chi connectivity index (χ2n) is 5.73. The Morgan fingerprint density at radius 2 is 2.25 bits per heavy atom. The zero-order valence-corrected chi connectivity index (χ0v) is 12.0. The zero-order chi connectivity index (χ0) is 14.1. The van der Waals surface area contributed by atoms with Crippen LogP contribution in [-0.4, -0.2) is 16.7 Å². The average Bonchev–Trinajstić information content (AvgIpc) is 2.98. The lowest BCUT2D eigenvalue weighted by atomic mass is 10.1. The normalized spacial score (nSPS) is 14.1. The third-order valence-corrected chi connectivity index (χ3v) is 3.54. The van der Waals surface area contributed by atoms with E-state index >= 15 is 0 Å². The number of hydrogen-bond donors (Lipinski definition) is 1. The summed E-state index contributed by atoms with van der Waals surface area (Å²) in [7, 11) is 0. The highest BCUT2D eigenvalue weighted by molar-refractivity contribution is 5.74. The van der Waals surface area contributed by atoms with Crippen LogP contribution in [-0.2, 0) is 19.4 Å². The first-order valence-electron chi connectivity index (χ1n) is 7.07. The Balaban J connectivity index is 1.76. The van der Waals surface area contributed by atoms with Gasteiger partial charge in [0.1, 0.15) is 0 Å². The number of aromatic nitrogens is 2. The molecule has 5 heteroatoms. The molecule has 5 nitrogen and oxygen atoms in total. The molecule has 0 atom stereocenters. The number of nitrogen functional groups attached to an aromatic ring is 1. The molecule has 1 aromatic carbocycles.